The Labute approximate surface area is 182 Å². The van der Waals surface area contributed by atoms with Gasteiger partial charge < -0.3 is 4.74 Å². The molecule has 0 atom stereocenters. The average molecular weight is 529 g/mol. The van der Waals surface area contributed by atoms with Gasteiger partial charge >= 0.3 is 6.18 Å². The number of ether oxygens (including phenoxy) is 1. The Kier molecular flexibility index (Phi) is 6.92. The zero-order valence-corrected chi connectivity index (χ0v) is 17.9. The molecular formula is C20H14Br2F3N3O. The smallest absolute Gasteiger partial charge is 0.417 e. The van der Waals surface area contributed by atoms with Crippen LogP contribution in [0.2, 0.25) is 0 Å². The quantitative estimate of drug-likeness (QED) is 0.288. The molecule has 9 heteroatoms. The maximum atomic E-state index is 12.6. The van der Waals surface area contributed by atoms with Crippen LogP contribution in [-0.2, 0) is 12.8 Å². The number of hydrogen-bond donors (Lipinski definition) is 1. The summed E-state index contributed by atoms with van der Waals surface area (Å²) in [4.78, 5) is 3.71. The highest BCUT2D eigenvalue weighted by atomic mass is 79.9. The highest BCUT2D eigenvalue weighted by Gasteiger charge is 2.30. The SMILES string of the molecule is FC(F)(F)c1ccc(N/N=C\c2cc(Br)ccc2OCc2ccc(Br)cc2)nc1. The van der Waals surface area contributed by atoms with Gasteiger partial charge in [-0.3, -0.25) is 5.43 Å². The van der Waals surface area contributed by atoms with E-state index in [0.29, 0.717) is 17.9 Å². The van der Waals surface area contributed by atoms with E-state index in [-0.39, 0.29) is 5.82 Å². The second kappa shape index (κ2) is 9.41. The average Bonchev–Trinajstić information content (AvgIpc) is 2.68. The van der Waals surface area contributed by atoms with Crippen LogP contribution in [0.3, 0.4) is 0 Å². The van der Waals surface area contributed by atoms with Gasteiger partial charge in [-0.2, -0.15) is 18.3 Å². The molecule has 0 amide bonds. The van der Waals surface area contributed by atoms with E-state index in [1.54, 1.807) is 6.07 Å². The highest BCUT2D eigenvalue weighted by molar-refractivity contribution is 9.10. The minimum atomic E-state index is -4.42. The highest BCUT2D eigenvalue weighted by Crippen LogP contribution is 2.29. The van der Waals surface area contributed by atoms with Gasteiger partial charge in [0.05, 0.1) is 11.8 Å². The minimum absolute atomic E-state index is 0.196. The summed E-state index contributed by atoms with van der Waals surface area (Å²) in [5.41, 5.74) is 3.49. The van der Waals surface area contributed by atoms with E-state index in [1.807, 2.05) is 36.4 Å². The Morgan fingerprint density at radius 2 is 1.72 bits per heavy atom. The first-order valence-corrected chi connectivity index (χ1v) is 9.89. The molecule has 0 aliphatic carbocycles. The lowest BCUT2D eigenvalue weighted by molar-refractivity contribution is -0.137. The van der Waals surface area contributed by atoms with Crippen molar-refractivity contribution in [1.82, 2.24) is 4.98 Å². The predicted octanol–water partition coefficient (Wildman–Crippen LogP) is 6.65. The van der Waals surface area contributed by atoms with Crippen molar-refractivity contribution in [3.05, 3.63) is 86.4 Å². The van der Waals surface area contributed by atoms with Crippen molar-refractivity contribution < 1.29 is 17.9 Å². The molecule has 0 unspecified atom stereocenters. The molecule has 0 radical (unpaired) electrons. The molecule has 3 rings (SSSR count). The Hall–Kier alpha value is -2.39. The van der Waals surface area contributed by atoms with Crippen LogP contribution in [0.4, 0.5) is 19.0 Å². The molecule has 0 saturated carbocycles. The summed E-state index contributed by atoms with van der Waals surface area (Å²) in [5.74, 6) is 0.809. The molecule has 0 aliphatic rings. The van der Waals surface area contributed by atoms with Crippen LogP contribution in [0.15, 0.2) is 74.8 Å². The van der Waals surface area contributed by atoms with Crippen LogP contribution >= 0.6 is 31.9 Å². The van der Waals surface area contributed by atoms with E-state index in [1.165, 1.54) is 12.3 Å². The lowest BCUT2D eigenvalue weighted by Crippen LogP contribution is -2.05. The van der Waals surface area contributed by atoms with Crippen LogP contribution in [-0.4, -0.2) is 11.2 Å². The van der Waals surface area contributed by atoms with Crippen molar-refractivity contribution in [3.8, 4) is 5.75 Å². The lowest BCUT2D eigenvalue weighted by Gasteiger charge is -2.10. The number of anilines is 1. The standard InChI is InChI=1S/C20H14Br2F3N3O/c21-16-4-1-13(2-5-16)12-29-18-7-6-17(22)9-14(18)10-27-28-19-8-3-15(11-26-19)20(23,24)25/h1-11H,12H2,(H,26,28)/b27-10-. The maximum Gasteiger partial charge on any atom is 0.417 e. The lowest BCUT2D eigenvalue weighted by atomic mass is 10.2. The molecule has 3 aromatic rings. The molecule has 0 saturated heterocycles. The fourth-order valence-corrected chi connectivity index (χ4v) is 2.93. The molecule has 0 aliphatic heterocycles. The first kappa shape index (κ1) is 21.3. The number of alkyl halides is 3. The summed E-state index contributed by atoms with van der Waals surface area (Å²) in [5, 5.41) is 4.05. The van der Waals surface area contributed by atoms with E-state index in [2.05, 4.69) is 47.4 Å². The van der Waals surface area contributed by atoms with Gasteiger partial charge in [-0.15, -0.1) is 0 Å². The van der Waals surface area contributed by atoms with Gasteiger partial charge in [-0.1, -0.05) is 44.0 Å². The number of nitrogens with zero attached hydrogens (tertiary/aromatic N) is 2. The Bertz CT molecular complexity index is 991. The van der Waals surface area contributed by atoms with Crippen molar-refractivity contribution in [2.45, 2.75) is 12.8 Å². The van der Waals surface area contributed by atoms with Gasteiger partial charge in [0.1, 0.15) is 18.2 Å². The minimum Gasteiger partial charge on any atom is -0.488 e. The molecule has 1 N–H and O–H groups in total. The largest absolute Gasteiger partial charge is 0.488 e. The number of nitrogens with one attached hydrogen (secondary N) is 1. The third-order valence-corrected chi connectivity index (χ3v) is 4.77. The maximum absolute atomic E-state index is 12.6. The fraction of sp³-hybridized carbons (Fsp3) is 0.100. The van der Waals surface area contributed by atoms with E-state index in [9.17, 15) is 13.2 Å². The molecule has 150 valence electrons. The number of pyridine rings is 1. The first-order valence-electron chi connectivity index (χ1n) is 8.30. The monoisotopic (exact) mass is 527 g/mol. The summed E-state index contributed by atoms with van der Waals surface area (Å²) in [6.45, 7) is 0.379. The van der Waals surface area contributed by atoms with Crippen LogP contribution in [0.1, 0.15) is 16.7 Å². The molecule has 2 aromatic carbocycles. The third-order valence-electron chi connectivity index (χ3n) is 3.75. The normalized spacial score (nSPS) is 11.6. The predicted molar refractivity (Wildman–Crippen MR) is 113 cm³/mol. The summed E-state index contributed by atoms with van der Waals surface area (Å²) >= 11 is 6.79. The fourth-order valence-electron chi connectivity index (χ4n) is 2.29. The van der Waals surface area contributed by atoms with Crippen molar-refractivity contribution in [1.29, 1.82) is 0 Å². The molecule has 0 spiro atoms. The van der Waals surface area contributed by atoms with E-state index in [0.717, 1.165) is 26.8 Å². The van der Waals surface area contributed by atoms with Gasteiger partial charge in [0, 0.05) is 20.7 Å². The second-order valence-corrected chi connectivity index (χ2v) is 7.73. The van der Waals surface area contributed by atoms with Crippen LogP contribution in [0.25, 0.3) is 0 Å². The van der Waals surface area contributed by atoms with Gasteiger partial charge in [0.25, 0.3) is 0 Å². The molecular weight excluding hydrogens is 515 g/mol. The Morgan fingerprint density at radius 1 is 1.00 bits per heavy atom. The number of hydrogen-bond acceptors (Lipinski definition) is 4. The summed E-state index contributed by atoms with van der Waals surface area (Å²) in [6.07, 6.45) is -2.16. The van der Waals surface area contributed by atoms with Crippen LogP contribution in [0.5, 0.6) is 5.75 Å². The number of aromatic nitrogens is 1. The zero-order valence-electron chi connectivity index (χ0n) is 14.8. The van der Waals surface area contributed by atoms with Crippen molar-refractivity contribution >= 4 is 43.9 Å². The molecule has 0 fully saturated rings. The van der Waals surface area contributed by atoms with Crippen molar-refractivity contribution in [2.75, 3.05) is 5.43 Å². The summed E-state index contributed by atoms with van der Waals surface area (Å²) in [6, 6.07) is 15.4. The van der Waals surface area contributed by atoms with Crippen molar-refractivity contribution in [2.24, 2.45) is 5.10 Å². The molecule has 1 heterocycles. The van der Waals surface area contributed by atoms with E-state index >= 15 is 0 Å². The second-order valence-electron chi connectivity index (χ2n) is 5.90. The Morgan fingerprint density at radius 3 is 2.38 bits per heavy atom. The summed E-state index contributed by atoms with van der Waals surface area (Å²) in [7, 11) is 0. The number of halogens is 5. The van der Waals surface area contributed by atoms with Gasteiger partial charge in [0.15, 0.2) is 0 Å². The van der Waals surface area contributed by atoms with Gasteiger partial charge in [-0.05, 0) is 48.0 Å². The zero-order chi connectivity index (χ0) is 20.9. The molecule has 4 nitrogen and oxygen atoms in total. The number of hydrazone groups is 1. The third kappa shape index (κ3) is 6.30. The van der Waals surface area contributed by atoms with Gasteiger partial charge in [0.2, 0.25) is 0 Å². The van der Waals surface area contributed by atoms with E-state index in [4.69, 9.17) is 4.74 Å². The van der Waals surface area contributed by atoms with Crippen molar-refractivity contribution in [3.63, 3.8) is 0 Å². The first-order chi connectivity index (χ1) is 13.8. The summed E-state index contributed by atoms with van der Waals surface area (Å²) < 4.78 is 45.4. The number of rotatable bonds is 6. The van der Waals surface area contributed by atoms with E-state index < -0.39 is 11.7 Å². The molecule has 0 bridgehead atoms. The van der Waals surface area contributed by atoms with Crippen LogP contribution < -0.4 is 10.2 Å². The van der Waals surface area contributed by atoms with Crippen LogP contribution in [0, 0.1) is 0 Å². The number of benzene rings is 2. The Balaban J connectivity index is 1.68. The molecule has 29 heavy (non-hydrogen) atoms. The topological polar surface area (TPSA) is 46.5 Å². The van der Waals surface area contributed by atoms with Gasteiger partial charge in [-0.25, -0.2) is 4.98 Å². The molecule has 1 aromatic heterocycles.